The second-order valence-electron chi connectivity index (χ2n) is 4.52. The van der Waals surface area contributed by atoms with Gasteiger partial charge < -0.3 is 5.73 Å². The lowest BCUT2D eigenvalue weighted by Crippen LogP contribution is -2.03. The smallest absolute Gasteiger partial charge is 0.304 e. The molecule has 0 aliphatic carbocycles. The Morgan fingerprint density at radius 1 is 1.33 bits per heavy atom. The Balaban J connectivity index is 2.26. The fourth-order valence-electron chi connectivity index (χ4n) is 1.87. The molecule has 0 spiro atoms. The van der Waals surface area contributed by atoms with E-state index in [2.05, 4.69) is 0 Å². The van der Waals surface area contributed by atoms with Gasteiger partial charge in [-0.1, -0.05) is 18.2 Å². The lowest BCUT2D eigenvalue weighted by atomic mass is 10.2. The van der Waals surface area contributed by atoms with E-state index < -0.39 is 27.2 Å². The van der Waals surface area contributed by atoms with Gasteiger partial charge in [0.2, 0.25) is 5.82 Å². The van der Waals surface area contributed by atoms with E-state index in [-0.39, 0.29) is 5.75 Å². The summed E-state index contributed by atoms with van der Waals surface area (Å²) >= 11 is 0. The summed E-state index contributed by atoms with van der Waals surface area (Å²) in [7, 11) is -1.44. The van der Waals surface area contributed by atoms with Crippen molar-refractivity contribution in [3.63, 3.8) is 0 Å². The Labute approximate surface area is 123 Å². The number of hydrogen-bond acceptors (Lipinski definition) is 4. The molecule has 1 unspecified atom stereocenters. The molecule has 0 fully saturated rings. The van der Waals surface area contributed by atoms with Crippen LogP contribution in [0.3, 0.4) is 0 Å². The predicted octanol–water partition coefficient (Wildman–Crippen LogP) is 2.93. The molecule has 0 heterocycles. The molecule has 1 atom stereocenters. The third kappa shape index (κ3) is 3.25. The molecule has 0 aliphatic rings. The number of nitrogens with two attached hydrogens (primary N) is 1. The first-order chi connectivity index (χ1) is 9.90. The molecule has 0 amide bonds. The molecular formula is C14H13FN2O3S. The molecule has 2 aromatic carbocycles. The topological polar surface area (TPSA) is 86.2 Å². The fourth-order valence-corrected chi connectivity index (χ4v) is 3.14. The molecule has 5 nitrogen and oxygen atoms in total. The van der Waals surface area contributed by atoms with Gasteiger partial charge in [-0.15, -0.1) is 0 Å². The van der Waals surface area contributed by atoms with Crippen molar-refractivity contribution >= 4 is 22.2 Å². The Kier molecular flexibility index (Phi) is 4.32. The summed E-state index contributed by atoms with van der Waals surface area (Å²) in [4.78, 5) is 10.2. The Morgan fingerprint density at radius 3 is 2.67 bits per heavy atom. The number of benzene rings is 2. The molecule has 2 rings (SSSR count). The van der Waals surface area contributed by atoms with E-state index in [1.165, 1.54) is 6.07 Å². The molecule has 2 N–H and O–H groups in total. The quantitative estimate of drug-likeness (QED) is 0.534. The zero-order valence-corrected chi connectivity index (χ0v) is 12.0. The Bertz CT molecular complexity index is 734. The lowest BCUT2D eigenvalue weighted by molar-refractivity contribution is -0.387. The minimum Gasteiger partial charge on any atom is -0.398 e. The second kappa shape index (κ2) is 6.01. The molecule has 0 aromatic heterocycles. The summed E-state index contributed by atoms with van der Waals surface area (Å²) in [6.45, 7) is 1.81. The normalized spacial score (nSPS) is 12.1. The minimum atomic E-state index is -1.44. The second-order valence-corrected chi connectivity index (χ2v) is 5.94. The SMILES string of the molecule is Cc1cccc(S(=O)Cc2ccc([N+](=O)[O-])c(F)c2)c1N. The van der Waals surface area contributed by atoms with Crippen LogP contribution in [-0.4, -0.2) is 9.13 Å². The Morgan fingerprint density at radius 2 is 2.05 bits per heavy atom. The highest BCUT2D eigenvalue weighted by Crippen LogP contribution is 2.24. The molecule has 0 aliphatic heterocycles. The molecule has 0 saturated heterocycles. The van der Waals surface area contributed by atoms with E-state index in [9.17, 15) is 18.7 Å². The number of halogens is 1. The summed E-state index contributed by atoms with van der Waals surface area (Å²) in [6, 6.07) is 8.70. The minimum absolute atomic E-state index is 0.0442. The van der Waals surface area contributed by atoms with Crippen molar-refractivity contribution in [2.45, 2.75) is 17.6 Å². The molecule has 2 aromatic rings. The van der Waals surface area contributed by atoms with Crippen LogP contribution in [0.2, 0.25) is 0 Å². The van der Waals surface area contributed by atoms with Gasteiger partial charge in [-0.05, 0) is 30.2 Å². The number of aryl methyl sites for hydroxylation is 1. The van der Waals surface area contributed by atoms with Crippen LogP contribution in [-0.2, 0) is 16.6 Å². The molecule has 110 valence electrons. The summed E-state index contributed by atoms with van der Waals surface area (Å²) < 4.78 is 25.8. The van der Waals surface area contributed by atoms with Crippen molar-refractivity contribution in [1.82, 2.24) is 0 Å². The van der Waals surface area contributed by atoms with Crippen LogP contribution in [0, 0.1) is 22.9 Å². The van der Waals surface area contributed by atoms with Gasteiger partial charge in [-0.3, -0.25) is 14.3 Å². The maximum Gasteiger partial charge on any atom is 0.304 e. The average Bonchev–Trinajstić information content (AvgIpc) is 2.41. The summed E-state index contributed by atoms with van der Waals surface area (Å²) in [5, 5.41) is 10.5. The van der Waals surface area contributed by atoms with E-state index in [0.29, 0.717) is 16.1 Å². The highest BCUT2D eigenvalue weighted by Gasteiger charge is 2.16. The van der Waals surface area contributed by atoms with Crippen molar-refractivity contribution in [1.29, 1.82) is 0 Å². The number of nitrogens with zero attached hydrogens (tertiary/aromatic N) is 1. The van der Waals surface area contributed by atoms with Crippen LogP contribution in [0.5, 0.6) is 0 Å². The van der Waals surface area contributed by atoms with Crippen molar-refractivity contribution in [3.05, 3.63) is 63.5 Å². The van der Waals surface area contributed by atoms with Gasteiger partial charge in [-0.25, -0.2) is 0 Å². The van der Waals surface area contributed by atoms with Gasteiger partial charge in [-0.2, -0.15) is 4.39 Å². The van der Waals surface area contributed by atoms with Gasteiger partial charge in [0, 0.05) is 6.07 Å². The van der Waals surface area contributed by atoms with Crippen LogP contribution >= 0.6 is 0 Å². The third-order valence-electron chi connectivity index (χ3n) is 3.04. The van der Waals surface area contributed by atoms with Crippen molar-refractivity contribution in [2.75, 3.05) is 5.73 Å². The highest BCUT2D eigenvalue weighted by atomic mass is 32.2. The van der Waals surface area contributed by atoms with Crippen LogP contribution < -0.4 is 5.73 Å². The predicted molar refractivity (Wildman–Crippen MR) is 78.8 cm³/mol. The van der Waals surface area contributed by atoms with Gasteiger partial charge in [0.25, 0.3) is 0 Å². The van der Waals surface area contributed by atoms with Gasteiger partial charge in [0.1, 0.15) is 0 Å². The summed E-state index contributed by atoms with van der Waals surface area (Å²) in [6.07, 6.45) is 0. The maximum atomic E-state index is 13.5. The molecule has 21 heavy (non-hydrogen) atoms. The molecule has 0 bridgehead atoms. The average molecular weight is 308 g/mol. The van der Waals surface area contributed by atoms with E-state index >= 15 is 0 Å². The standard InChI is InChI=1S/C14H13FN2O3S/c1-9-3-2-4-13(14(9)16)21(20)8-10-5-6-12(17(18)19)11(15)7-10/h2-7H,8,16H2,1H3. The number of para-hydroxylation sites is 1. The van der Waals surface area contributed by atoms with Crippen LogP contribution in [0.4, 0.5) is 15.8 Å². The zero-order valence-electron chi connectivity index (χ0n) is 11.2. The van der Waals surface area contributed by atoms with Crippen molar-refractivity contribution in [2.24, 2.45) is 0 Å². The zero-order chi connectivity index (χ0) is 15.6. The van der Waals surface area contributed by atoms with E-state index in [4.69, 9.17) is 5.73 Å². The van der Waals surface area contributed by atoms with E-state index in [0.717, 1.165) is 17.7 Å². The van der Waals surface area contributed by atoms with E-state index in [1.807, 2.05) is 13.0 Å². The summed E-state index contributed by atoms with van der Waals surface area (Å²) in [5.41, 5.74) is 6.95. The number of nitro benzene ring substituents is 1. The number of anilines is 1. The van der Waals surface area contributed by atoms with Crippen molar-refractivity contribution in [3.8, 4) is 0 Å². The number of nitrogen functional groups attached to an aromatic ring is 1. The van der Waals surface area contributed by atoms with Gasteiger partial charge >= 0.3 is 5.69 Å². The number of hydrogen-bond donors (Lipinski definition) is 1. The summed E-state index contributed by atoms with van der Waals surface area (Å²) in [5.74, 6) is -0.894. The molecule has 0 radical (unpaired) electrons. The molecule has 0 saturated carbocycles. The van der Waals surface area contributed by atoms with Gasteiger partial charge in [0.05, 0.1) is 32.1 Å². The van der Waals surface area contributed by atoms with Crippen LogP contribution in [0.15, 0.2) is 41.3 Å². The molecule has 7 heteroatoms. The monoisotopic (exact) mass is 308 g/mol. The fraction of sp³-hybridized carbons (Fsp3) is 0.143. The van der Waals surface area contributed by atoms with Crippen molar-refractivity contribution < 1.29 is 13.5 Å². The number of nitro groups is 1. The van der Waals surface area contributed by atoms with Gasteiger partial charge in [0.15, 0.2) is 0 Å². The van der Waals surface area contributed by atoms with Crippen LogP contribution in [0.25, 0.3) is 0 Å². The van der Waals surface area contributed by atoms with E-state index in [1.54, 1.807) is 12.1 Å². The first kappa shape index (κ1) is 15.1. The lowest BCUT2D eigenvalue weighted by Gasteiger charge is -2.08. The van der Waals surface area contributed by atoms with Crippen LogP contribution in [0.1, 0.15) is 11.1 Å². The third-order valence-corrected chi connectivity index (χ3v) is 4.48. The Hall–Kier alpha value is -2.28. The first-order valence-electron chi connectivity index (χ1n) is 6.06. The number of rotatable bonds is 4. The molecular weight excluding hydrogens is 295 g/mol. The highest BCUT2D eigenvalue weighted by molar-refractivity contribution is 7.84. The maximum absolute atomic E-state index is 13.5. The largest absolute Gasteiger partial charge is 0.398 e. The first-order valence-corrected chi connectivity index (χ1v) is 7.38.